The molecule has 2 nitrogen and oxygen atoms in total. The van der Waals surface area contributed by atoms with Crippen LogP contribution in [0.15, 0.2) is 24.3 Å². The van der Waals surface area contributed by atoms with Gasteiger partial charge in [-0.05, 0) is 18.1 Å². The van der Waals surface area contributed by atoms with Crippen LogP contribution in [0.25, 0.3) is 0 Å². The van der Waals surface area contributed by atoms with Crippen LogP contribution in [-0.4, -0.2) is 26.7 Å². The molecule has 0 aliphatic rings. The Labute approximate surface area is 88.3 Å². The van der Waals surface area contributed by atoms with Gasteiger partial charge in [-0.1, -0.05) is 18.2 Å². The molecule has 84 valence electrons. The molecule has 1 aromatic rings. The molecular weight excluding hydrogens is 200 g/mol. The van der Waals surface area contributed by atoms with Crippen LogP contribution in [0.5, 0.6) is 0 Å². The van der Waals surface area contributed by atoms with Gasteiger partial charge in [0.05, 0.1) is 13.2 Å². The summed E-state index contributed by atoms with van der Waals surface area (Å²) in [5.41, 5.74) is 1.76. The number of halogens is 2. The second kappa shape index (κ2) is 6.35. The second-order valence-corrected chi connectivity index (χ2v) is 3.17. The number of anilines is 1. The molecule has 0 radical (unpaired) electrons. The van der Waals surface area contributed by atoms with Crippen molar-refractivity contribution in [1.29, 1.82) is 0 Å². The zero-order valence-corrected chi connectivity index (χ0v) is 8.67. The van der Waals surface area contributed by atoms with Gasteiger partial charge >= 0.3 is 0 Å². The lowest BCUT2D eigenvalue weighted by molar-refractivity contribution is 0.163. The molecule has 4 heteroatoms. The van der Waals surface area contributed by atoms with Crippen LogP contribution in [0.2, 0.25) is 0 Å². The van der Waals surface area contributed by atoms with Crippen molar-refractivity contribution in [3.05, 3.63) is 29.8 Å². The molecule has 1 aromatic carbocycles. The summed E-state index contributed by atoms with van der Waals surface area (Å²) in [5.74, 6) is 0. The molecule has 0 atom stereocenters. The van der Waals surface area contributed by atoms with Crippen molar-refractivity contribution in [1.82, 2.24) is 0 Å². The molecule has 0 bridgehead atoms. The number of hydrogen-bond donors (Lipinski definition) is 1. The highest BCUT2D eigenvalue weighted by atomic mass is 19.3. The fourth-order valence-corrected chi connectivity index (χ4v) is 1.31. The molecule has 0 aliphatic heterocycles. The van der Waals surface area contributed by atoms with Gasteiger partial charge in [0, 0.05) is 12.8 Å². The third kappa shape index (κ3) is 4.25. The summed E-state index contributed by atoms with van der Waals surface area (Å²) in [5, 5.41) is 2.72. The standard InChI is InChI=1S/C11H15F2NO/c1-15-7-6-9-4-2-3-5-10(9)14-8-11(12)13/h2-5,11,14H,6-8H2,1H3. The average molecular weight is 215 g/mol. The lowest BCUT2D eigenvalue weighted by Gasteiger charge is -2.11. The van der Waals surface area contributed by atoms with Gasteiger partial charge in [-0.2, -0.15) is 0 Å². The van der Waals surface area contributed by atoms with E-state index < -0.39 is 6.43 Å². The first-order valence-corrected chi connectivity index (χ1v) is 4.83. The molecule has 0 spiro atoms. The molecule has 1 rings (SSSR count). The highest BCUT2D eigenvalue weighted by Crippen LogP contribution is 2.15. The van der Waals surface area contributed by atoms with E-state index in [2.05, 4.69) is 5.32 Å². The summed E-state index contributed by atoms with van der Waals surface area (Å²) in [7, 11) is 1.62. The lowest BCUT2D eigenvalue weighted by Crippen LogP contribution is -2.12. The Hall–Kier alpha value is -1.16. The van der Waals surface area contributed by atoms with Gasteiger partial charge in [-0.15, -0.1) is 0 Å². The molecule has 15 heavy (non-hydrogen) atoms. The van der Waals surface area contributed by atoms with Crippen LogP contribution in [0.1, 0.15) is 5.56 Å². The molecule has 0 heterocycles. The Bertz CT molecular complexity index is 292. The van der Waals surface area contributed by atoms with Crippen LogP contribution in [0.4, 0.5) is 14.5 Å². The SMILES string of the molecule is COCCc1ccccc1NCC(F)F. The van der Waals surface area contributed by atoms with E-state index in [0.717, 1.165) is 17.7 Å². The summed E-state index contributed by atoms with van der Waals surface area (Å²) >= 11 is 0. The maximum atomic E-state index is 12.0. The van der Waals surface area contributed by atoms with E-state index in [0.29, 0.717) is 6.61 Å². The van der Waals surface area contributed by atoms with Crippen molar-refractivity contribution in [3.63, 3.8) is 0 Å². The summed E-state index contributed by atoms with van der Waals surface area (Å²) in [4.78, 5) is 0. The average Bonchev–Trinajstić information content (AvgIpc) is 2.24. The molecule has 0 saturated heterocycles. The molecule has 0 unspecified atom stereocenters. The molecule has 0 aromatic heterocycles. The van der Waals surface area contributed by atoms with Gasteiger partial charge in [0.2, 0.25) is 0 Å². The van der Waals surface area contributed by atoms with Crippen molar-refractivity contribution >= 4 is 5.69 Å². The van der Waals surface area contributed by atoms with E-state index in [1.165, 1.54) is 0 Å². The zero-order chi connectivity index (χ0) is 11.1. The molecule has 0 amide bonds. The Balaban J connectivity index is 2.59. The second-order valence-electron chi connectivity index (χ2n) is 3.17. The first-order chi connectivity index (χ1) is 7.24. The first kappa shape index (κ1) is 11.9. The highest BCUT2D eigenvalue weighted by Gasteiger charge is 2.04. The number of methoxy groups -OCH3 is 1. The number of nitrogens with one attached hydrogen (secondary N) is 1. The molecule has 0 saturated carbocycles. The van der Waals surface area contributed by atoms with Crippen LogP contribution in [-0.2, 0) is 11.2 Å². The van der Waals surface area contributed by atoms with Crippen molar-refractivity contribution in [2.75, 3.05) is 25.6 Å². The normalized spacial score (nSPS) is 10.7. The van der Waals surface area contributed by atoms with E-state index in [1.54, 1.807) is 13.2 Å². The predicted molar refractivity (Wildman–Crippen MR) is 56.5 cm³/mol. The van der Waals surface area contributed by atoms with Gasteiger partial charge in [-0.25, -0.2) is 8.78 Å². The van der Waals surface area contributed by atoms with E-state index in [9.17, 15) is 8.78 Å². The Morgan fingerprint density at radius 1 is 1.33 bits per heavy atom. The van der Waals surface area contributed by atoms with E-state index in [4.69, 9.17) is 4.74 Å². The number of ether oxygens (including phenoxy) is 1. The number of para-hydroxylation sites is 1. The zero-order valence-electron chi connectivity index (χ0n) is 8.67. The first-order valence-electron chi connectivity index (χ1n) is 4.83. The van der Waals surface area contributed by atoms with E-state index in [-0.39, 0.29) is 6.54 Å². The third-order valence-corrected chi connectivity index (χ3v) is 2.04. The molecular formula is C11H15F2NO. The Morgan fingerprint density at radius 2 is 2.07 bits per heavy atom. The topological polar surface area (TPSA) is 21.3 Å². The smallest absolute Gasteiger partial charge is 0.255 e. The monoisotopic (exact) mass is 215 g/mol. The quantitative estimate of drug-likeness (QED) is 0.787. The van der Waals surface area contributed by atoms with E-state index in [1.807, 2.05) is 18.2 Å². The van der Waals surface area contributed by atoms with Crippen LogP contribution in [0, 0.1) is 0 Å². The Kier molecular flexibility index (Phi) is 5.04. The fourth-order valence-electron chi connectivity index (χ4n) is 1.31. The van der Waals surface area contributed by atoms with Gasteiger partial charge in [0.1, 0.15) is 0 Å². The van der Waals surface area contributed by atoms with Crippen LogP contribution in [0.3, 0.4) is 0 Å². The molecule has 0 aliphatic carbocycles. The molecule has 1 N–H and O–H groups in total. The maximum absolute atomic E-state index is 12.0. The number of benzene rings is 1. The maximum Gasteiger partial charge on any atom is 0.255 e. The lowest BCUT2D eigenvalue weighted by atomic mass is 10.1. The largest absolute Gasteiger partial charge is 0.384 e. The highest BCUT2D eigenvalue weighted by molar-refractivity contribution is 5.51. The van der Waals surface area contributed by atoms with Gasteiger partial charge < -0.3 is 10.1 Å². The van der Waals surface area contributed by atoms with E-state index >= 15 is 0 Å². The van der Waals surface area contributed by atoms with Crippen molar-refractivity contribution < 1.29 is 13.5 Å². The third-order valence-electron chi connectivity index (χ3n) is 2.04. The number of hydrogen-bond acceptors (Lipinski definition) is 2. The minimum Gasteiger partial charge on any atom is -0.384 e. The van der Waals surface area contributed by atoms with Gasteiger partial charge in [-0.3, -0.25) is 0 Å². The van der Waals surface area contributed by atoms with Crippen LogP contribution < -0.4 is 5.32 Å². The summed E-state index contributed by atoms with van der Waals surface area (Å²) in [6.45, 7) is 0.275. The van der Waals surface area contributed by atoms with Gasteiger partial charge in [0.25, 0.3) is 6.43 Å². The fraction of sp³-hybridized carbons (Fsp3) is 0.455. The van der Waals surface area contributed by atoms with Crippen LogP contribution >= 0.6 is 0 Å². The minimum atomic E-state index is -2.33. The predicted octanol–water partition coefficient (Wildman–Crippen LogP) is 2.55. The molecule has 0 fully saturated rings. The van der Waals surface area contributed by atoms with Crippen molar-refractivity contribution in [2.45, 2.75) is 12.8 Å². The van der Waals surface area contributed by atoms with Crippen molar-refractivity contribution in [3.8, 4) is 0 Å². The minimum absolute atomic E-state index is 0.315. The summed E-state index contributed by atoms with van der Waals surface area (Å²) < 4.78 is 29.0. The summed E-state index contributed by atoms with van der Waals surface area (Å²) in [6.07, 6.45) is -1.61. The van der Waals surface area contributed by atoms with Crippen molar-refractivity contribution in [2.24, 2.45) is 0 Å². The summed E-state index contributed by atoms with van der Waals surface area (Å²) in [6, 6.07) is 7.42. The number of alkyl halides is 2. The Morgan fingerprint density at radius 3 is 2.73 bits per heavy atom. The van der Waals surface area contributed by atoms with Gasteiger partial charge in [0.15, 0.2) is 0 Å². The number of rotatable bonds is 6.